The minimum absolute atomic E-state index is 0.576. The molecule has 0 spiro atoms. The zero-order valence-corrected chi connectivity index (χ0v) is 9.65. The molecule has 1 atom stereocenters. The molecule has 3 rings (SSSR count). The van der Waals surface area contributed by atoms with E-state index in [1.807, 2.05) is 6.20 Å². The molecule has 3 nitrogen and oxygen atoms in total. The maximum atomic E-state index is 4.61. The van der Waals surface area contributed by atoms with Gasteiger partial charge in [0, 0.05) is 32.4 Å². The van der Waals surface area contributed by atoms with Crippen molar-refractivity contribution in [3.63, 3.8) is 0 Å². The Hall–Kier alpha value is -0.930. The number of hydrogen-bond donors (Lipinski definition) is 1. The maximum absolute atomic E-state index is 4.61. The summed E-state index contributed by atoms with van der Waals surface area (Å²) in [6.45, 7) is 4.58. The molecule has 0 saturated carbocycles. The van der Waals surface area contributed by atoms with Gasteiger partial charge in [0.15, 0.2) is 0 Å². The van der Waals surface area contributed by atoms with Gasteiger partial charge < -0.3 is 5.32 Å². The Balaban J connectivity index is 1.86. The van der Waals surface area contributed by atoms with E-state index in [0.717, 1.165) is 13.1 Å². The predicted molar refractivity (Wildman–Crippen MR) is 64.4 cm³/mol. The second-order valence-electron chi connectivity index (χ2n) is 4.74. The largest absolute Gasteiger partial charge is 0.314 e. The summed E-state index contributed by atoms with van der Waals surface area (Å²) in [5, 5.41) is 3.42. The summed E-state index contributed by atoms with van der Waals surface area (Å²) in [5.41, 5.74) is 2.81. The van der Waals surface area contributed by atoms with E-state index in [1.54, 1.807) is 0 Å². The van der Waals surface area contributed by atoms with Gasteiger partial charge in [-0.1, -0.05) is 6.07 Å². The van der Waals surface area contributed by atoms with Crippen LogP contribution < -0.4 is 5.32 Å². The van der Waals surface area contributed by atoms with Crippen molar-refractivity contribution in [1.82, 2.24) is 15.2 Å². The molecule has 0 aromatic carbocycles. The van der Waals surface area contributed by atoms with E-state index in [4.69, 9.17) is 0 Å². The van der Waals surface area contributed by atoms with E-state index < -0.39 is 0 Å². The zero-order valence-electron chi connectivity index (χ0n) is 9.65. The molecule has 1 fully saturated rings. The molecule has 0 bridgehead atoms. The highest BCUT2D eigenvalue weighted by atomic mass is 15.2. The van der Waals surface area contributed by atoms with Gasteiger partial charge in [0.2, 0.25) is 0 Å². The van der Waals surface area contributed by atoms with Crippen LogP contribution in [0.25, 0.3) is 0 Å². The van der Waals surface area contributed by atoms with Crippen LogP contribution in [0.5, 0.6) is 0 Å². The molecule has 1 aromatic heterocycles. The highest BCUT2D eigenvalue weighted by molar-refractivity contribution is 5.25. The van der Waals surface area contributed by atoms with E-state index >= 15 is 0 Å². The first-order valence-electron chi connectivity index (χ1n) is 6.34. The normalized spacial score (nSPS) is 26.4. The Kier molecular flexibility index (Phi) is 2.89. The molecule has 16 heavy (non-hydrogen) atoms. The van der Waals surface area contributed by atoms with Gasteiger partial charge in [-0.2, -0.15) is 0 Å². The molecule has 1 N–H and O–H groups in total. The van der Waals surface area contributed by atoms with Gasteiger partial charge >= 0.3 is 0 Å². The van der Waals surface area contributed by atoms with Crippen LogP contribution >= 0.6 is 0 Å². The van der Waals surface area contributed by atoms with Crippen LogP contribution in [0.15, 0.2) is 18.3 Å². The number of piperazine rings is 1. The third-order valence-electron chi connectivity index (χ3n) is 3.76. The molecule has 1 aromatic rings. The summed E-state index contributed by atoms with van der Waals surface area (Å²) in [7, 11) is 0. The maximum Gasteiger partial charge on any atom is 0.0607 e. The van der Waals surface area contributed by atoms with E-state index in [0.29, 0.717) is 6.04 Å². The number of aryl methyl sites for hydroxylation is 1. The fourth-order valence-corrected chi connectivity index (χ4v) is 2.93. The first-order valence-corrected chi connectivity index (χ1v) is 6.34. The first kappa shape index (κ1) is 10.2. The molecular formula is C13H19N3. The fraction of sp³-hybridized carbons (Fsp3) is 0.615. The van der Waals surface area contributed by atoms with Crippen LogP contribution in [0.3, 0.4) is 0 Å². The molecule has 2 aliphatic rings. The number of nitrogens with zero attached hydrogens (tertiary/aromatic N) is 2. The highest BCUT2D eigenvalue weighted by Crippen LogP contribution is 2.32. The Morgan fingerprint density at radius 2 is 2.19 bits per heavy atom. The van der Waals surface area contributed by atoms with Crippen LogP contribution in [0.1, 0.15) is 30.1 Å². The number of fused-ring (bicyclic) bond motifs is 1. The lowest BCUT2D eigenvalue weighted by Gasteiger charge is -2.37. The van der Waals surface area contributed by atoms with Crippen LogP contribution in [0.4, 0.5) is 0 Å². The standard InChI is InChI=1S/C13H19N3/c1-3-11-4-2-6-15-13(11)12(5-1)16-9-7-14-8-10-16/h2,4,6,12,14H,1,3,5,7-10H2/t12-/m0/s1. The molecule has 1 saturated heterocycles. The highest BCUT2D eigenvalue weighted by Gasteiger charge is 2.27. The van der Waals surface area contributed by atoms with Gasteiger partial charge in [-0.3, -0.25) is 9.88 Å². The van der Waals surface area contributed by atoms with Crippen molar-refractivity contribution in [3.8, 4) is 0 Å². The summed E-state index contributed by atoms with van der Waals surface area (Å²) in [5.74, 6) is 0. The van der Waals surface area contributed by atoms with Crippen molar-refractivity contribution < 1.29 is 0 Å². The minimum Gasteiger partial charge on any atom is -0.314 e. The smallest absolute Gasteiger partial charge is 0.0607 e. The second kappa shape index (κ2) is 4.52. The summed E-state index contributed by atoms with van der Waals surface area (Å²) >= 11 is 0. The number of hydrogen-bond acceptors (Lipinski definition) is 3. The zero-order chi connectivity index (χ0) is 10.8. The molecule has 1 aliphatic carbocycles. The number of aromatic nitrogens is 1. The van der Waals surface area contributed by atoms with Gasteiger partial charge in [-0.15, -0.1) is 0 Å². The third kappa shape index (κ3) is 1.85. The SMILES string of the molecule is c1cnc2c(c1)CCC[C@@H]2N1CCNCC1. The first-order chi connectivity index (χ1) is 7.95. The lowest BCUT2D eigenvalue weighted by atomic mass is 9.90. The molecular weight excluding hydrogens is 198 g/mol. The van der Waals surface area contributed by atoms with Crippen LogP contribution in [0.2, 0.25) is 0 Å². The topological polar surface area (TPSA) is 28.2 Å². The van der Waals surface area contributed by atoms with E-state index in [1.165, 1.54) is 43.6 Å². The summed E-state index contributed by atoms with van der Waals surface area (Å²) in [6, 6.07) is 4.89. The summed E-state index contributed by atoms with van der Waals surface area (Å²) < 4.78 is 0. The second-order valence-corrected chi connectivity index (χ2v) is 4.74. The van der Waals surface area contributed by atoms with Crippen molar-refractivity contribution in [2.45, 2.75) is 25.3 Å². The Morgan fingerprint density at radius 3 is 3.06 bits per heavy atom. The quantitative estimate of drug-likeness (QED) is 0.770. The van der Waals surface area contributed by atoms with Crippen LogP contribution in [-0.4, -0.2) is 36.1 Å². The van der Waals surface area contributed by atoms with Gasteiger partial charge in [-0.25, -0.2) is 0 Å². The summed E-state index contributed by atoms with van der Waals surface area (Å²) in [6.07, 6.45) is 5.75. The van der Waals surface area contributed by atoms with Crippen LogP contribution in [0, 0.1) is 0 Å². The van der Waals surface area contributed by atoms with Crippen molar-refractivity contribution in [2.24, 2.45) is 0 Å². The van der Waals surface area contributed by atoms with Crippen molar-refractivity contribution >= 4 is 0 Å². The predicted octanol–water partition coefficient (Wildman–Crippen LogP) is 1.36. The van der Waals surface area contributed by atoms with Crippen molar-refractivity contribution in [1.29, 1.82) is 0 Å². The average Bonchev–Trinajstić information content (AvgIpc) is 2.39. The molecule has 0 amide bonds. The van der Waals surface area contributed by atoms with Gasteiger partial charge in [0.05, 0.1) is 11.7 Å². The Morgan fingerprint density at radius 1 is 1.31 bits per heavy atom. The van der Waals surface area contributed by atoms with Gasteiger partial charge in [-0.05, 0) is 30.9 Å². The fourth-order valence-electron chi connectivity index (χ4n) is 2.93. The minimum atomic E-state index is 0.576. The molecule has 0 radical (unpaired) electrons. The lowest BCUT2D eigenvalue weighted by Crippen LogP contribution is -2.46. The molecule has 2 heterocycles. The van der Waals surface area contributed by atoms with Crippen molar-refractivity contribution in [2.75, 3.05) is 26.2 Å². The van der Waals surface area contributed by atoms with E-state index in [9.17, 15) is 0 Å². The monoisotopic (exact) mass is 217 g/mol. The van der Waals surface area contributed by atoms with Gasteiger partial charge in [0.25, 0.3) is 0 Å². The lowest BCUT2D eigenvalue weighted by molar-refractivity contribution is 0.154. The van der Waals surface area contributed by atoms with E-state index in [-0.39, 0.29) is 0 Å². The average molecular weight is 217 g/mol. The molecule has 1 aliphatic heterocycles. The Labute approximate surface area is 96.9 Å². The summed E-state index contributed by atoms with van der Waals surface area (Å²) in [4.78, 5) is 7.21. The third-order valence-corrected chi connectivity index (χ3v) is 3.76. The van der Waals surface area contributed by atoms with Crippen LogP contribution in [-0.2, 0) is 6.42 Å². The number of nitrogens with one attached hydrogen (secondary N) is 1. The molecule has 86 valence electrons. The molecule has 3 heteroatoms. The molecule has 0 unspecified atom stereocenters. The number of pyridine rings is 1. The van der Waals surface area contributed by atoms with Crippen molar-refractivity contribution in [3.05, 3.63) is 29.6 Å². The van der Waals surface area contributed by atoms with E-state index in [2.05, 4.69) is 27.3 Å². The number of rotatable bonds is 1. The van der Waals surface area contributed by atoms with Gasteiger partial charge in [0.1, 0.15) is 0 Å². The Bertz CT molecular complexity index is 358.